The molecular formula is C18H23ClN4O2S. The van der Waals surface area contributed by atoms with Crippen LogP contribution < -0.4 is 15.4 Å². The normalized spacial score (nSPS) is 17.8. The Hall–Kier alpha value is -1.70. The second kappa shape index (κ2) is 8.79. The van der Waals surface area contributed by atoms with Gasteiger partial charge in [-0.25, -0.2) is 4.98 Å². The first kappa shape index (κ1) is 19.1. The first-order chi connectivity index (χ1) is 12.6. The zero-order valence-electron chi connectivity index (χ0n) is 14.9. The largest absolute Gasteiger partial charge is 0.483 e. The van der Waals surface area contributed by atoms with Gasteiger partial charge in [0.05, 0.1) is 12.6 Å². The van der Waals surface area contributed by atoms with Crippen LogP contribution in [0.5, 0.6) is 5.75 Å². The fourth-order valence-electron chi connectivity index (χ4n) is 3.03. The predicted molar refractivity (Wildman–Crippen MR) is 107 cm³/mol. The predicted octanol–water partition coefficient (Wildman–Crippen LogP) is 3.69. The summed E-state index contributed by atoms with van der Waals surface area (Å²) < 4.78 is 11.5. The van der Waals surface area contributed by atoms with Crippen LogP contribution in [0.25, 0.3) is 0 Å². The van der Waals surface area contributed by atoms with Crippen LogP contribution in [-0.4, -0.2) is 41.9 Å². The lowest BCUT2D eigenvalue weighted by atomic mass is 10.1. The summed E-state index contributed by atoms with van der Waals surface area (Å²) in [7, 11) is 0. The van der Waals surface area contributed by atoms with Gasteiger partial charge in [0.15, 0.2) is 0 Å². The highest BCUT2D eigenvalue weighted by Gasteiger charge is 2.27. The number of hydrogen-bond donors (Lipinski definition) is 1. The highest BCUT2D eigenvalue weighted by atomic mass is 35.5. The maximum Gasteiger partial charge on any atom is 0.222 e. The number of anilines is 2. The molecule has 2 aromatic rings. The monoisotopic (exact) mass is 394 g/mol. The molecule has 2 heterocycles. The minimum Gasteiger partial charge on any atom is -0.483 e. The fourth-order valence-corrected chi connectivity index (χ4v) is 3.58. The number of rotatable bonds is 5. The van der Waals surface area contributed by atoms with Crippen LogP contribution in [0.1, 0.15) is 23.7 Å². The smallest absolute Gasteiger partial charge is 0.222 e. The van der Waals surface area contributed by atoms with Crippen molar-refractivity contribution < 1.29 is 9.47 Å². The lowest BCUT2D eigenvalue weighted by Crippen LogP contribution is -2.32. The van der Waals surface area contributed by atoms with Gasteiger partial charge < -0.3 is 20.1 Å². The molecule has 0 radical (unpaired) electrons. The van der Waals surface area contributed by atoms with Crippen molar-refractivity contribution in [3.05, 3.63) is 40.5 Å². The molecule has 6 nitrogen and oxygen atoms in total. The Bertz CT molecular complexity index is 742. The maximum absolute atomic E-state index is 6.58. The SMILES string of the molecule is CSCOc1ccc([C@H]2COCCCN2c2cc(C)nc(N)n2)c(Cl)c1. The molecule has 3 rings (SSSR count). The van der Waals surface area contributed by atoms with Gasteiger partial charge >= 0.3 is 0 Å². The second-order valence-electron chi connectivity index (χ2n) is 6.10. The molecule has 8 heteroatoms. The molecule has 0 saturated carbocycles. The van der Waals surface area contributed by atoms with E-state index in [2.05, 4.69) is 14.9 Å². The third-order valence-corrected chi connectivity index (χ3v) is 4.85. The van der Waals surface area contributed by atoms with Crippen LogP contribution in [0.3, 0.4) is 0 Å². The number of nitrogens with zero attached hydrogens (tertiary/aromatic N) is 3. The number of ether oxygens (including phenoxy) is 2. The van der Waals surface area contributed by atoms with Crippen LogP contribution in [0.4, 0.5) is 11.8 Å². The molecule has 1 saturated heterocycles. The molecule has 1 aromatic heterocycles. The van der Waals surface area contributed by atoms with E-state index in [1.807, 2.05) is 37.4 Å². The summed E-state index contributed by atoms with van der Waals surface area (Å²) in [6.07, 6.45) is 2.90. The molecule has 1 aliphatic heterocycles. The molecule has 26 heavy (non-hydrogen) atoms. The zero-order chi connectivity index (χ0) is 18.5. The molecule has 140 valence electrons. The number of halogens is 1. The number of benzene rings is 1. The summed E-state index contributed by atoms with van der Waals surface area (Å²) in [5, 5.41) is 0.655. The van der Waals surface area contributed by atoms with Gasteiger partial charge in [-0.1, -0.05) is 17.7 Å². The molecular weight excluding hydrogens is 372 g/mol. The molecule has 0 aliphatic carbocycles. The Morgan fingerprint density at radius 2 is 2.23 bits per heavy atom. The molecule has 0 unspecified atom stereocenters. The van der Waals surface area contributed by atoms with Crippen LogP contribution in [-0.2, 0) is 4.74 Å². The standard InChI is InChI=1S/C18H23ClN4O2S/c1-12-8-17(22-18(20)21-12)23-6-3-7-24-10-16(23)14-5-4-13(9-15(14)19)25-11-26-2/h4-5,8-9,16H,3,6-7,10-11H2,1-2H3,(H2,20,21,22)/t16-/m1/s1. The van der Waals surface area contributed by atoms with Crippen molar-refractivity contribution in [1.82, 2.24) is 9.97 Å². The number of nitrogens with two attached hydrogens (primary N) is 1. The minimum absolute atomic E-state index is 0.0479. The van der Waals surface area contributed by atoms with Gasteiger partial charge in [-0.05, 0) is 37.3 Å². The Balaban J connectivity index is 1.94. The maximum atomic E-state index is 6.58. The third kappa shape index (κ3) is 4.52. The summed E-state index contributed by atoms with van der Waals surface area (Å²) in [6, 6.07) is 7.70. The van der Waals surface area contributed by atoms with Gasteiger partial charge in [0.25, 0.3) is 0 Å². The number of aromatic nitrogens is 2. The summed E-state index contributed by atoms with van der Waals surface area (Å²) in [4.78, 5) is 10.8. The van der Waals surface area contributed by atoms with Gasteiger partial charge in [-0.15, -0.1) is 11.8 Å². The number of nitrogen functional groups attached to an aromatic ring is 1. The number of aryl methyl sites for hydroxylation is 1. The fraction of sp³-hybridized carbons (Fsp3) is 0.444. The molecule has 2 N–H and O–H groups in total. The molecule has 1 aromatic carbocycles. The molecule has 1 fully saturated rings. The van der Waals surface area contributed by atoms with Gasteiger partial charge in [0, 0.05) is 29.9 Å². The minimum atomic E-state index is -0.0479. The molecule has 0 spiro atoms. The van der Waals surface area contributed by atoms with Crippen molar-refractivity contribution in [3.63, 3.8) is 0 Å². The van der Waals surface area contributed by atoms with E-state index in [-0.39, 0.29) is 12.0 Å². The Labute approximate surface area is 163 Å². The lowest BCUT2D eigenvalue weighted by molar-refractivity contribution is 0.134. The van der Waals surface area contributed by atoms with Gasteiger partial charge in [-0.2, -0.15) is 4.98 Å². The summed E-state index contributed by atoms with van der Waals surface area (Å²) >= 11 is 8.20. The highest BCUT2D eigenvalue weighted by Crippen LogP contribution is 2.35. The van der Waals surface area contributed by atoms with E-state index < -0.39 is 0 Å². The van der Waals surface area contributed by atoms with E-state index in [1.165, 1.54) is 0 Å². The van der Waals surface area contributed by atoms with Crippen molar-refractivity contribution in [2.45, 2.75) is 19.4 Å². The van der Waals surface area contributed by atoms with Gasteiger partial charge in [0.2, 0.25) is 5.95 Å². The summed E-state index contributed by atoms with van der Waals surface area (Å²) in [6.45, 7) is 3.96. The quantitative estimate of drug-likeness (QED) is 0.775. The van der Waals surface area contributed by atoms with E-state index in [1.54, 1.807) is 11.8 Å². The van der Waals surface area contributed by atoms with Gasteiger partial charge in [-0.3, -0.25) is 0 Å². The van der Waals surface area contributed by atoms with Crippen molar-refractivity contribution >= 4 is 35.1 Å². The van der Waals surface area contributed by atoms with Crippen molar-refractivity contribution in [1.29, 1.82) is 0 Å². The molecule has 0 amide bonds. The van der Waals surface area contributed by atoms with E-state index in [9.17, 15) is 0 Å². The third-order valence-electron chi connectivity index (χ3n) is 4.17. The average molecular weight is 395 g/mol. The van der Waals surface area contributed by atoms with Crippen molar-refractivity contribution in [3.8, 4) is 5.75 Å². The Morgan fingerprint density at radius 1 is 1.38 bits per heavy atom. The topological polar surface area (TPSA) is 73.5 Å². The average Bonchev–Trinajstić information content (AvgIpc) is 2.85. The van der Waals surface area contributed by atoms with Crippen molar-refractivity contribution in [2.75, 3.05) is 42.6 Å². The van der Waals surface area contributed by atoms with Crippen LogP contribution in [0.2, 0.25) is 5.02 Å². The first-order valence-electron chi connectivity index (χ1n) is 8.45. The van der Waals surface area contributed by atoms with Crippen LogP contribution in [0, 0.1) is 6.92 Å². The molecule has 1 atom stereocenters. The Morgan fingerprint density at radius 3 is 2.96 bits per heavy atom. The zero-order valence-corrected chi connectivity index (χ0v) is 16.5. The first-order valence-corrected chi connectivity index (χ1v) is 10.2. The Kier molecular flexibility index (Phi) is 6.45. The van der Waals surface area contributed by atoms with Gasteiger partial charge in [0.1, 0.15) is 17.5 Å². The highest BCUT2D eigenvalue weighted by molar-refractivity contribution is 7.98. The summed E-state index contributed by atoms with van der Waals surface area (Å²) in [5.74, 6) is 2.42. The van der Waals surface area contributed by atoms with E-state index in [0.29, 0.717) is 24.2 Å². The lowest BCUT2D eigenvalue weighted by Gasteiger charge is -2.31. The second-order valence-corrected chi connectivity index (χ2v) is 7.32. The van der Waals surface area contributed by atoms with E-state index in [4.69, 9.17) is 26.8 Å². The molecule has 1 aliphatic rings. The van der Waals surface area contributed by atoms with E-state index >= 15 is 0 Å². The van der Waals surface area contributed by atoms with Crippen LogP contribution in [0.15, 0.2) is 24.3 Å². The molecule has 0 bridgehead atoms. The number of hydrogen-bond acceptors (Lipinski definition) is 7. The number of thioether (sulfide) groups is 1. The van der Waals surface area contributed by atoms with Crippen molar-refractivity contribution in [2.24, 2.45) is 0 Å². The van der Waals surface area contributed by atoms with Crippen LogP contribution >= 0.6 is 23.4 Å². The summed E-state index contributed by atoms with van der Waals surface area (Å²) in [5.41, 5.74) is 7.68. The van der Waals surface area contributed by atoms with E-state index in [0.717, 1.165) is 35.8 Å².